The second-order valence-corrected chi connectivity index (χ2v) is 4.84. The van der Waals surface area contributed by atoms with Crippen LogP contribution in [-0.4, -0.2) is 34.8 Å². The fraction of sp³-hybridized carbons (Fsp3) is 0.692. The quantitative estimate of drug-likeness (QED) is 0.583. The normalized spacial score (nSPS) is 23.2. The van der Waals surface area contributed by atoms with E-state index in [0.717, 1.165) is 6.42 Å². The maximum Gasteiger partial charge on any atom is 0.248 e. The van der Waals surface area contributed by atoms with E-state index in [2.05, 4.69) is 11.2 Å². The Morgan fingerprint density at radius 2 is 2.12 bits per heavy atom. The lowest BCUT2D eigenvalue weighted by Gasteiger charge is -2.42. The topological polar surface area (TPSA) is 49.4 Å². The molecule has 0 aromatic carbocycles. The minimum absolute atomic E-state index is 0.0269. The average Bonchev–Trinajstić information content (AvgIpc) is 2.25. The minimum atomic E-state index is -0.807. The molecule has 4 nitrogen and oxygen atoms in total. The highest BCUT2D eigenvalue weighted by molar-refractivity contribution is 5.99. The summed E-state index contributed by atoms with van der Waals surface area (Å²) < 4.78 is 0. The van der Waals surface area contributed by atoms with E-state index in [1.165, 1.54) is 0 Å². The van der Waals surface area contributed by atoms with Crippen molar-refractivity contribution in [2.75, 3.05) is 6.54 Å². The van der Waals surface area contributed by atoms with Crippen molar-refractivity contribution in [2.24, 2.45) is 0 Å². The first-order chi connectivity index (χ1) is 7.94. The number of nitrogens with one attached hydrogen (secondary N) is 1. The molecule has 1 N–H and O–H groups in total. The Morgan fingerprint density at radius 3 is 2.65 bits per heavy atom. The molecule has 1 heterocycles. The van der Waals surface area contributed by atoms with E-state index in [9.17, 15) is 9.59 Å². The van der Waals surface area contributed by atoms with Crippen LogP contribution in [0.5, 0.6) is 0 Å². The smallest absolute Gasteiger partial charge is 0.248 e. The zero-order chi connectivity index (χ0) is 13.1. The summed E-state index contributed by atoms with van der Waals surface area (Å²) >= 11 is 0. The predicted molar refractivity (Wildman–Crippen MR) is 66.1 cm³/mol. The second kappa shape index (κ2) is 5.22. The molecule has 0 aliphatic carbocycles. The number of nitrogens with zero attached hydrogens (tertiary/aromatic N) is 1. The Balaban J connectivity index is 2.82. The number of hydrogen-bond acceptors (Lipinski definition) is 2. The zero-order valence-electron chi connectivity index (χ0n) is 10.7. The van der Waals surface area contributed by atoms with Crippen molar-refractivity contribution in [3.05, 3.63) is 0 Å². The van der Waals surface area contributed by atoms with Crippen LogP contribution >= 0.6 is 0 Å². The molecule has 0 saturated carbocycles. The summed E-state index contributed by atoms with van der Waals surface area (Å²) in [7, 11) is 0. The maximum atomic E-state index is 12.2. The van der Waals surface area contributed by atoms with Crippen molar-refractivity contribution in [2.45, 2.75) is 51.6 Å². The Labute approximate surface area is 103 Å². The van der Waals surface area contributed by atoms with Crippen LogP contribution in [0.3, 0.4) is 0 Å². The lowest BCUT2D eigenvalue weighted by atomic mass is 9.95. The van der Waals surface area contributed by atoms with Crippen LogP contribution in [0.25, 0.3) is 0 Å². The second-order valence-electron chi connectivity index (χ2n) is 4.84. The van der Waals surface area contributed by atoms with Crippen LogP contribution in [0.1, 0.15) is 40.0 Å². The Morgan fingerprint density at radius 1 is 1.47 bits per heavy atom. The van der Waals surface area contributed by atoms with Crippen molar-refractivity contribution in [1.29, 1.82) is 0 Å². The molecular weight excluding hydrogens is 216 g/mol. The van der Waals surface area contributed by atoms with E-state index < -0.39 is 5.54 Å². The highest BCUT2D eigenvalue weighted by Gasteiger charge is 2.43. The number of amides is 2. The molecule has 1 fully saturated rings. The molecule has 4 heteroatoms. The largest absolute Gasteiger partial charge is 0.340 e. The van der Waals surface area contributed by atoms with Gasteiger partial charge in [0.25, 0.3) is 0 Å². The van der Waals surface area contributed by atoms with Crippen molar-refractivity contribution < 1.29 is 9.59 Å². The molecule has 0 aromatic rings. The monoisotopic (exact) mass is 236 g/mol. The third-order valence-corrected chi connectivity index (χ3v) is 3.02. The van der Waals surface area contributed by atoms with Gasteiger partial charge in [0.15, 0.2) is 0 Å². The summed E-state index contributed by atoms with van der Waals surface area (Å²) in [5.41, 5.74) is -0.807. The summed E-state index contributed by atoms with van der Waals surface area (Å²) in [5.74, 6) is 2.45. The number of carbonyl (C=O) groups is 2. The number of carbonyl (C=O) groups excluding carboxylic acids is 2. The van der Waals surface area contributed by atoms with E-state index in [-0.39, 0.29) is 17.9 Å². The average molecular weight is 236 g/mol. The molecule has 0 spiro atoms. The summed E-state index contributed by atoms with van der Waals surface area (Å²) in [4.78, 5) is 25.8. The third-order valence-electron chi connectivity index (χ3n) is 3.02. The van der Waals surface area contributed by atoms with Gasteiger partial charge < -0.3 is 10.2 Å². The van der Waals surface area contributed by atoms with Crippen molar-refractivity contribution in [3.63, 3.8) is 0 Å². The summed E-state index contributed by atoms with van der Waals surface area (Å²) in [5, 5.41) is 2.76. The van der Waals surface area contributed by atoms with Gasteiger partial charge in [-0.15, -0.1) is 12.3 Å². The van der Waals surface area contributed by atoms with Gasteiger partial charge in [-0.05, 0) is 26.7 Å². The van der Waals surface area contributed by atoms with Crippen LogP contribution in [0.15, 0.2) is 0 Å². The van der Waals surface area contributed by atoms with Crippen LogP contribution in [0.4, 0.5) is 0 Å². The number of hydrogen-bond donors (Lipinski definition) is 1. The summed E-state index contributed by atoms with van der Waals surface area (Å²) in [6, 6.07) is -0.353. The molecule has 1 atom stereocenters. The van der Waals surface area contributed by atoms with Gasteiger partial charge in [0, 0.05) is 13.0 Å². The molecule has 17 heavy (non-hydrogen) atoms. The maximum absolute atomic E-state index is 12.2. The Kier molecular flexibility index (Phi) is 4.17. The lowest BCUT2D eigenvalue weighted by molar-refractivity contribution is -0.153. The van der Waals surface area contributed by atoms with E-state index in [0.29, 0.717) is 19.4 Å². The van der Waals surface area contributed by atoms with E-state index in [4.69, 9.17) is 6.42 Å². The molecule has 2 amide bonds. The minimum Gasteiger partial charge on any atom is -0.340 e. The van der Waals surface area contributed by atoms with Crippen molar-refractivity contribution >= 4 is 11.8 Å². The first kappa shape index (κ1) is 13.6. The van der Waals surface area contributed by atoms with E-state index in [1.54, 1.807) is 18.7 Å². The molecule has 1 rings (SSSR count). The highest BCUT2D eigenvalue weighted by Crippen LogP contribution is 2.20. The number of rotatable bonds is 4. The number of piperazine rings is 1. The Bertz CT molecular complexity index is 355. The van der Waals surface area contributed by atoms with Gasteiger partial charge in [-0.3, -0.25) is 9.59 Å². The molecule has 0 aromatic heterocycles. The van der Waals surface area contributed by atoms with Crippen LogP contribution in [0, 0.1) is 12.3 Å². The molecular formula is C13H20N2O2. The van der Waals surface area contributed by atoms with Gasteiger partial charge >= 0.3 is 0 Å². The first-order valence-corrected chi connectivity index (χ1v) is 6.00. The molecule has 1 aliphatic rings. The lowest BCUT2D eigenvalue weighted by Crippen LogP contribution is -2.68. The summed E-state index contributed by atoms with van der Waals surface area (Å²) in [6.45, 7) is 5.92. The van der Waals surface area contributed by atoms with E-state index >= 15 is 0 Å². The fourth-order valence-corrected chi connectivity index (χ4v) is 2.10. The first-order valence-electron chi connectivity index (χ1n) is 6.00. The molecule has 1 unspecified atom stereocenters. The van der Waals surface area contributed by atoms with Gasteiger partial charge in [0.2, 0.25) is 11.8 Å². The summed E-state index contributed by atoms with van der Waals surface area (Å²) in [6.07, 6.45) is 7.19. The number of terminal acetylenes is 1. The van der Waals surface area contributed by atoms with Gasteiger partial charge in [-0.25, -0.2) is 0 Å². The van der Waals surface area contributed by atoms with Crippen molar-refractivity contribution in [1.82, 2.24) is 10.2 Å². The fourth-order valence-electron chi connectivity index (χ4n) is 2.10. The van der Waals surface area contributed by atoms with E-state index in [1.807, 2.05) is 6.92 Å². The predicted octanol–water partition coefficient (Wildman–Crippen LogP) is 0.915. The van der Waals surface area contributed by atoms with Crippen molar-refractivity contribution in [3.8, 4) is 12.3 Å². The van der Waals surface area contributed by atoms with Gasteiger partial charge in [-0.2, -0.15) is 0 Å². The highest BCUT2D eigenvalue weighted by atomic mass is 16.2. The standard InChI is InChI=1S/C13H20N2O2/c1-5-7-8-9-15-10(6-2)11(16)14-13(3,4)12(15)17/h1,10H,6-9H2,2-4H3,(H,14,16). The number of unbranched alkanes of at least 4 members (excludes halogenated alkanes) is 1. The molecule has 1 saturated heterocycles. The Hall–Kier alpha value is -1.50. The van der Waals surface area contributed by atoms with Gasteiger partial charge in [0.05, 0.1) is 0 Å². The SMILES string of the molecule is C#CCCCN1C(=O)C(C)(C)NC(=O)C1CC. The third kappa shape index (κ3) is 2.79. The molecule has 94 valence electrons. The molecule has 0 bridgehead atoms. The molecule has 0 radical (unpaired) electrons. The van der Waals surface area contributed by atoms with Crippen LogP contribution < -0.4 is 5.32 Å². The van der Waals surface area contributed by atoms with Crippen LogP contribution in [0.2, 0.25) is 0 Å². The van der Waals surface area contributed by atoms with Crippen LogP contribution in [-0.2, 0) is 9.59 Å². The zero-order valence-corrected chi connectivity index (χ0v) is 10.7. The van der Waals surface area contributed by atoms with Gasteiger partial charge in [0.1, 0.15) is 11.6 Å². The molecule has 1 aliphatic heterocycles. The van der Waals surface area contributed by atoms with Gasteiger partial charge in [-0.1, -0.05) is 6.92 Å².